The Bertz CT molecular complexity index is 266. The van der Waals surface area contributed by atoms with E-state index in [9.17, 15) is 0 Å². The smallest absolute Gasteiger partial charge is 0.0815 e. The summed E-state index contributed by atoms with van der Waals surface area (Å²) in [5.41, 5.74) is 0. The van der Waals surface area contributed by atoms with E-state index in [0.717, 1.165) is 17.8 Å². The first-order chi connectivity index (χ1) is 13.0. The zero-order chi connectivity index (χ0) is 20.5. The zero-order valence-electron chi connectivity index (χ0n) is 20.5. The Morgan fingerprint density at radius 2 is 0.778 bits per heavy atom. The number of hydrogen-bond acceptors (Lipinski definition) is 0. The first-order valence-corrected chi connectivity index (χ1v) is 12.9. The lowest BCUT2D eigenvalue weighted by molar-refractivity contribution is -0.936. The second kappa shape index (κ2) is 16.9. The summed E-state index contributed by atoms with van der Waals surface area (Å²) in [5, 5.41) is 0. The summed E-state index contributed by atoms with van der Waals surface area (Å²) in [4.78, 5) is 0. The van der Waals surface area contributed by atoms with E-state index in [0.29, 0.717) is 0 Å². The van der Waals surface area contributed by atoms with Crippen molar-refractivity contribution >= 4 is 0 Å². The minimum Gasteiger partial charge on any atom is -0.323 e. The first kappa shape index (κ1) is 27.0. The van der Waals surface area contributed by atoms with E-state index in [1.54, 1.807) is 0 Å². The monoisotopic (exact) mass is 382 g/mol. The van der Waals surface area contributed by atoms with Gasteiger partial charge in [0.05, 0.1) is 26.2 Å². The van der Waals surface area contributed by atoms with Gasteiger partial charge in [0.1, 0.15) is 0 Å². The standard InChI is InChI=1S/C26H56N/c1-8-15-18-24(11-4)21-27(14-7,22-25(12-5)19-16-9-2)23-26(13-6)20-17-10-3/h24-26H,8-23H2,1-7H3/q+1/t24-,25-,26+/m0/s1. The van der Waals surface area contributed by atoms with Crippen molar-refractivity contribution in [1.29, 1.82) is 0 Å². The average molecular weight is 383 g/mol. The molecule has 0 fully saturated rings. The third-order valence-corrected chi connectivity index (χ3v) is 7.24. The predicted octanol–water partition coefficient (Wildman–Crippen LogP) is 8.47. The number of hydrogen-bond donors (Lipinski definition) is 0. The van der Waals surface area contributed by atoms with E-state index in [2.05, 4.69) is 48.5 Å². The Hall–Kier alpha value is -0.0400. The van der Waals surface area contributed by atoms with Crippen LogP contribution in [-0.2, 0) is 0 Å². The van der Waals surface area contributed by atoms with Crippen LogP contribution in [0.1, 0.15) is 126 Å². The molecule has 0 aliphatic heterocycles. The van der Waals surface area contributed by atoms with Crippen LogP contribution in [0.4, 0.5) is 0 Å². The SMILES string of the molecule is CCCC[C@@H](CC)C[N+](CC)(C[C@@H](CC)CCCC)C[C@@H](CC)CCCC. The Balaban J connectivity index is 5.35. The van der Waals surface area contributed by atoms with Gasteiger partial charge in [0, 0.05) is 17.8 Å². The molecule has 0 saturated heterocycles. The number of unbranched alkanes of at least 4 members (excludes halogenated alkanes) is 3. The van der Waals surface area contributed by atoms with Crippen molar-refractivity contribution in [2.45, 2.75) is 126 Å². The van der Waals surface area contributed by atoms with Crippen LogP contribution in [0.15, 0.2) is 0 Å². The molecule has 0 saturated carbocycles. The Labute approximate surface area is 174 Å². The third-order valence-electron chi connectivity index (χ3n) is 7.24. The van der Waals surface area contributed by atoms with Gasteiger partial charge in [0.15, 0.2) is 0 Å². The lowest BCUT2D eigenvalue weighted by Crippen LogP contribution is -2.55. The molecule has 0 bridgehead atoms. The van der Waals surface area contributed by atoms with Crippen molar-refractivity contribution < 1.29 is 4.48 Å². The van der Waals surface area contributed by atoms with E-state index in [1.807, 2.05) is 0 Å². The van der Waals surface area contributed by atoms with Crippen LogP contribution >= 0.6 is 0 Å². The Morgan fingerprint density at radius 3 is 0.963 bits per heavy atom. The quantitative estimate of drug-likeness (QED) is 0.196. The van der Waals surface area contributed by atoms with Crippen LogP contribution in [0.3, 0.4) is 0 Å². The molecule has 1 nitrogen and oxygen atoms in total. The fourth-order valence-electron chi connectivity index (χ4n) is 5.01. The van der Waals surface area contributed by atoms with E-state index in [1.165, 1.54) is 108 Å². The minimum absolute atomic E-state index is 0.928. The molecular formula is C26H56N+. The Morgan fingerprint density at radius 1 is 0.481 bits per heavy atom. The molecule has 0 N–H and O–H groups in total. The topological polar surface area (TPSA) is 0 Å². The van der Waals surface area contributed by atoms with E-state index < -0.39 is 0 Å². The second-order valence-electron chi connectivity index (χ2n) is 9.46. The lowest BCUT2D eigenvalue weighted by Gasteiger charge is -2.44. The maximum atomic E-state index is 2.49. The first-order valence-electron chi connectivity index (χ1n) is 12.9. The summed E-state index contributed by atoms with van der Waals surface area (Å²) in [6.07, 6.45) is 16.8. The highest BCUT2D eigenvalue weighted by atomic mass is 15.4. The van der Waals surface area contributed by atoms with Crippen LogP contribution in [0.5, 0.6) is 0 Å². The van der Waals surface area contributed by atoms with Gasteiger partial charge in [-0.3, -0.25) is 0 Å². The van der Waals surface area contributed by atoms with Crippen molar-refractivity contribution in [3.63, 3.8) is 0 Å². The largest absolute Gasteiger partial charge is 0.323 e. The molecule has 0 unspecified atom stereocenters. The van der Waals surface area contributed by atoms with Crippen LogP contribution in [-0.4, -0.2) is 30.7 Å². The molecule has 0 rings (SSSR count). The average Bonchev–Trinajstić information content (AvgIpc) is 2.70. The molecular weight excluding hydrogens is 326 g/mol. The second-order valence-corrected chi connectivity index (χ2v) is 9.46. The van der Waals surface area contributed by atoms with Crippen molar-refractivity contribution in [1.82, 2.24) is 0 Å². The van der Waals surface area contributed by atoms with Crippen molar-refractivity contribution in [3.8, 4) is 0 Å². The number of quaternary nitrogens is 1. The number of rotatable bonds is 19. The molecule has 0 aliphatic rings. The highest BCUT2D eigenvalue weighted by Gasteiger charge is 2.33. The fraction of sp³-hybridized carbons (Fsp3) is 1.00. The number of nitrogens with zero attached hydrogens (tertiary/aromatic N) is 1. The van der Waals surface area contributed by atoms with Crippen molar-refractivity contribution in [2.75, 3.05) is 26.2 Å². The van der Waals surface area contributed by atoms with Gasteiger partial charge in [0.25, 0.3) is 0 Å². The van der Waals surface area contributed by atoms with Gasteiger partial charge in [0.2, 0.25) is 0 Å². The fourth-order valence-corrected chi connectivity index (χ4v) is 5.01. The van der Waals surface area contributed by atoms with Gasteiger partial charge in [-0.05, 0) is 45.4 Å². The van der Waals surface area contributed by atoms with Crippen LogP contribution in [0.25, 0.3) is 0 Å². The summed E-state index contributed by atoms with van der Waals surface area (Å²) in [5.74, 6) is 2.78. The van der Waals surface area contributed by atoms with Gasteiger partial charge in [-0.2, -0.15) is 0 Å². The molecule has 27 heavy (non-hydrogen) atoms. The highest BCUT2D eigenvalue weighted by molar-refractivity contribution is 4.66. The highest BCUT2D eigenvalue weighted by Crippen LogP contribution is 2.28. The van der Waals surface area contributed by atoms with Gasteiger partial charge in [-0.15, -0.1) is 0 Å². The summed E-state index contributed by atoms with van der Waals surface area (Å²) >= 11 is 0. The molecule has 0 heterocycles. The molecule has 0 aromatic carbocycles. The van der Waals surface area contributed by atoms with Gasteiger partial charge in [-0.25, -0.2) is 0 Å². The maximum absolute atomic E-state index is 2.49. The molecule has 0 spiro atoms. The molecule has 0 radical (unpaired) electrons. The molecule has 0 aliphatic carbocycles. The summed E-state index contributed by atoms with van der Waals surface area (Å²) in [7, 11) is 0. The Kier molecular flexibility index (Phi) is 16.8. The van der Waals surface area contributed by atoms with Crippen LogP contribution < -0.4 is 0 Å². The molecule has 0 aromatic rings. The van der Waals surface area contributed by atoms with Crippen LogP contribution in [0.2, 0.25) is 0 Å². The molecule has 1 heteroatoms. The summed E-state index contributed by atoms with van der Waals surface area (Å²) in [6, 6.07) is 0. The molecule has 164 valence electrons. The van der Waals surface area contributed by atoms with Gasteiger partial charge < -0.3 is 4.48 Å². The summed E-state index contributed by atoms with van der Waals surface area (Å²) < 4.78 is 1.41. The zero-order valence-corrected chi connectivity index (χ0v) is 20.5. The van der Waals surface area contributed by atoms with Crippen molar-refractivity contribution in [2.24, 2.45) is 17.8 Å². The lowest BCUT2D eigenvalue weighted by atomic mass is 9.90. The molecule has 0 amide bonds. The van der Waals surface area contributed by atoms with Gasteiger partial charge >= 0.3 is 0 Å². The van der Waals surface area contributed by atoms with Crippen LogP contribution in [0, 0.1) is 17.8 Å². The molecule has 0 aromatic heterocycles. The third kappa shape index (κ3) is 11.5. The normalized spacial score (nSPS) is 15.7. The van der Waals surface area contributed by atoms with Gasteiger partial charge in [-0.1, -0.05) is 80.1 Å². The predicted molar refractivity (Wildman–Crippen MR) is 125 cm³/mol. The van der Waals surface area contributed by atoms with E-state index in [-0.39, 0.29) is 0 Å². The van der Waals surface area contributed by atoms with E-state index >= 15 is 0 Å². The van der Waals surface area contributed by atoms with Crippen molar-refractivity contribution in [3.05, 3.63) is 0 Å². The molecule has 3 atom stereocenters. The van der Waals surface area contributed by atoms with E-state index in [4.69, 9.17) is 0 Å². The maximum Gasteiger partial charge on any atom is 0.0815 e. The minimum atomic E-state index is 0.928. The summed E-state index contributed by atoms with van der Waals surface area (Å²) in [6.45, 7) is 22.5.